The lowest BCUT2D eigenvalue weighted by Gasteiger charge is -2.43. The number of hydrogen-bond acceptors (Lipinski definition) is 9. The van der Waals surface area contributed by atoms with Gasteiger partial charge in [-0.3, -0.25) is 0 Å². The van der Waals surface area contributed by atoms with Crippen molar-refractivity contribution in [3.63, 3.8) is 0 Å². The van der Waals surface area contributed by atoms with E-state index in [-0.39, 0.29) is 6.26 Å². The zero-order chi connectivity index (χ0) is 30.5. The van der Waals surface area contributed by atoms with E-state index in [4.69, 9.17) is 0 Å². The normalized spacial score (nSPS) is 26.2. The van der Waals surface area contributed by atoms with Gasteiger partial charge in [-0.2, -0.15) is 35.1 Å². The Hall–Kier alpha value is -3.45. The topological polar surface area (TPSA) is 83.1 Å². The first-order valence-corrected chi connectivity index (χ1v) is 8.21. The van der Waals surface area contributed by atoms with Crippen LogP contribution in [0.2, 0.25) is 0 Å². The summed E-state index contributed by atoms with van der Waals surface area (Å²) in [5.41, 5.74) is 0. The van der Waals surface area contributed by atoms with Crippen molar-refractivity contribution in [2.75, 3.05) is 0 Å². The summed E-state index contributed by atoms with van der Waals surface area (Å²) in [6.45, 7) is 0. The van der Waals surface area contributed by atoms with Gasteiger partial charge < -0.3 is 33.2 Å². The molecule has 1 spiro atoms. The van der Waals surface area contributed by atoms with Crippen LogP contribution in [0.25, 0.3) is 0 Å². The smallest absolute Gasteiger partial charge is 0.408 e. The molecule has 0 aliphatic carbocycles. The van der Waals surface area contributed by atoms with Crippen LogP contribution in [0.15, 0.2) is 36.3 Å². The maximum absolute atomic E-state index is 13.0. The highest BCUT2D eigenvalue weighted by atomic mass is 19.4. The van der Waals surface area contributed by atoms with E-state index in [1.165, 1.54) is 0 Å². The Balaban J connectivity index is 0.000000222. The molecule has 0 aromatic rings. The fraction of sp³-hybridized carbons (Fsp3) is 0.538. The van der Waals surface area contributed by atoms with Gasteiger partial charge in [0.25, 0.3) is 0 Å². The predicted octanol–water partition coefficient (Wildman–Crippen LogP) is 6.15. The van der Waals surface area contributed by atoms with Crippen molar-refractivity contribution >= 4 is 0 Å². The highest BCUT2D eigenvalue weighted by Gasteiger charge is 2.87. The molecule has 4 rings (SSSR count). The predicted molar refractivity (Wildman–Crippen MR) is 69.9 cm³/mol. The van der Waals surface area contributed by atoms with Crippen LogP contribution < -0.4 is 0 Å². The van der Waals surface area contributed by atoms with E-state index < -0.39 is 73.2 Å². The fourth-order valence-electron chi connectivity index (χ4n) is 1.97. The van der Waals surface area contributed by atoms with Crippen molar-refractivity contribution in [3.05, 3.63) is 36.3 Å². The zero-order valence-electron chi connectivity index (χ0n) is 16.7. The second kappa shape index (κ2) is 9.63. The minimum atomic E-state index is -5.61. The molecule has 0 N–H and O–H groups in total. The van der Waals surface area contributed by atoms with Gasteiger partial charge >= 0.3 is 73.2 Å². The Kier molecular flexibility index (Phi) is 7.84. The number of alkyl halides is 13. The van der Waals surface area contributed by atoms with Gasteiger partial charge in [0, 0.05) is 0 Å². The van der Waals surface area contributed by atoms with E-state index in [1.54, 1.807) is 0 Å². The van der Waals surface area contributed by atoms with Crippen LogP contribution in [0.3, 0.4) is 0 Å². The van der Waals surface area contributed by atoms with Crippen LogP contribution >= 0.6 is 0 Å². The third-order valence-corrected chi connectivity index (χ3v) is 3.18. The SMILES string of the molecule is FC1=C(F)OC2(O1)C(F)(F)OC(F)(F)OC2(F)F.FC1=C(OC(F)(F)F)OC(F)(F)O1.FC1=COC(F)(F)O1. The van der Waals surface area contributed by atoms with Crippen LogP contribution in [0, 0.1) is 0 Å². The van der Waals surface area contributed by atoms with Crippen LogP contribution in [-0.2, 0) is 42.6 Å². The van der Waals surface area contributed by atoms with Crippen molar-refractivity contribution in [1.29, 1.82) is 0 Å². The van der Waals surface area contributed by atoms with E-state index in [9.17, 15) is 74.6 Å². The molecule has 0 saturated carbocycles. The molecule has 0 atom stereocenters. The lowest BCUT2D eigenvalue weighted by molar-refractivity contribution is -0.632. The van der Waals surface area contributed by atoms with Crippen molar-refractivity contribution in [3.8, 4) is 0 Å². The van der Waals surface area contributed by atoms with Gasteiger partial charge in [-0.1, -0.05) is 0 Å². The molecule has 4 heterocycles. The van der Waals surface area contributed by atoms with Gasteiger partial charge in [-0.05, 0) is 0 Å². The lowest BCUT2D eigenvalue weighted by Crippen LogP contribution is -2.70. The van der Waals surface area contributed by atoms with Crippen LogP contribution in [0.5, 0.6) is 0 Å². The Morgan fingerprint density at radius 1 is 0.564 bits per heavy atom. The minimum Gasteiger partial charge on any atom is -0.408 e. The molecule has 0 amide bonds. The Bertz CT molecular complexity index is 998. The van der Waals surface area contributed by atoms with E-state index in [0.717, 1.165) is 0 Å². The van der Waals surface area contributed by atoms with Gasteiger partial charge in [0.1, 0.15) is 0 Å². The summed E-state index contributed by atoms with van der Waals surface area (Å²) in [6, 6.07) is -8.85. The molecule has 4 aliphatic heterocycles. The highest BCUT2D eigenvalue weighted by Crippen LogP contribution is 2.58. The molecule has 0 aromatic carbocycles. The van der Waals surface area contributed by atoms with Crippen molar-refractivity contribution in [2.24, 2.45) is 0 Å². The Morgan fingerprint density at radius 2 is 1.03 bits per heavy atom. The maximum atomic E-state index is 13.0. The lowest BCUT2D eigenvalue weighted by atomic mass is 10.2. The summed E-state index contributed by atoms with van der Waals surface area (Å²) in [5, 5.41) is 0. The second-order valence-corrected chi connectivity index (χ2v) is 5.95. The van der Waals surface area contributed by atoms with Crippen molar-refractivity contribution < 1.29 is 117 Å². The molecule has 4 aliphatic rings. The number of rotatable bonds is 1. The zero-order valence-corrected chi connectivity index (χ0v) is 16.7. The van der Waals surface area contributed by atoms with Crippen LogP contribution in [0.1, 0.15) is 0 Å². The summed E-state index contributed by atoms with van der Waals surface area (Å²) in [4.78, 5) is 0. The maximum Gasteiger partial charge on any atom is 0.590 e. The first kappa shape index (κ1) is 31.8. The van der Waals surface area contributed by atoms with Gasteiger partial charge in [-0.15, -0.1) is 39.5 Å². The first-order valence-electron chi connectivity index (χ1n) is 8.21. The number of ether oxygens (including phenoxy) is 9. The molecule has 1 fully saturated rings. The molecule has 26 heteroatoms. The second-order valence-electron chi connectivity index (χ2n) is 5.95. The number of halogens is 17. The largest absolute Gasteiger partial charge is 0.590 e. The highest BCUT2D eigenvalue weighted by molar-refractivity contribution is 5.05. The first-order chi connectivity index (χ1) is 17.2. The van der Waals surface area contributed by atoms with Gasteiger partial charge in [-0.25, -0.2) is 9.47 Å². The molecule has 9 nitrogen and oxygen atoms in total. The van der Waals surface area contributed by atoms with Gasteiger partial charge in [0.15, 0.2) is 6.26 Å². The number of hydrogen-bond donors (Lipinski definition) is 0. The molecule has 1 saturated heterocycles. The van der Waals surface area contributed by atoms with Crippen molar-refractivity contribution in [1.82, 2.24) is 0 Å². The van der Waals surface area contributed by atoms with Crippen LogP contribution in [0.4, 0.5) is 74.6 Å². The molecule has 39 heavy (non-hydrogen) atoms. The third kappa shape index (κ3) is 7.35. The van der Waals surface area contributed by atoms with E-state index in [0.29, 0.717) is 0 Å². The summed E-state index contributed by atoms with van der Waals surface area (Å²) >= 11 is 0. The van der Waals surface area contributed by atoms with E-state index in [2.05, 4.69) is 42.6 Å². The molecule has 0 unspecified atom stereocenters. The molecule has 226 valence electrons. The fourth-order valence-corrected chi connectivity index (χ4v) is 1.97. The van der Waals surface area contributed by atoms with E-state index in [1.807, 2.05) is 0 Å². The Morgan fingerprint density at radius 3 is 1.31 bits per heavy atom. The van der Waals surface area contributed by atoms with Crippen LogP contribution in [-0.4, -0.2) is 43.3 Å². The molecule has 0 radical (unpaired) electrons. The van der Waals surface area contributed by atoms with Gasteiger partial charge in [0.05, 0.1) is 0 Å². The molecular weight excluding hydrogens is 623 g/mol. The molecular formula is C13HF17O9. The molecule has 0 aromatic heterocycles. The van der Waals surface area contributed by atoms with Crippen molar-refractivity contribution in [2.45, 2.75) is 43.3 Å². The molecule has 0 bridgehead atoms. The van der Waals surface area contributed by atoms with E-state index >= 15 is 0 Å². The third-order valence-electron chi connectivity index (χ3n) is 3.18. The average molecular weight is 624 g/mol. The Labute approximate surface area is 198 Å². The quantitative estimate of drug-likeness (QED) is 0.320. The standard InChI is InChI=1S/C6F8O4.C4F6O3.C3HF3O2/c7-1-2(8)16-3(15-1)4(9,10)17-6(13,14)18-5(3,11)12;5-1-2(12-3(6,7)8)13-4(9,10)11-1;4-2-1-7-3(5,6)8-2/h;;1H. The summed E-state index contributed by atoms with van der Waals surface area (Å²) in [7, 11) is 0. The minimum absolute atomic E-state index is 0.208. The average Bonchev–Trinajstić information content (AvgIpc) is 3.25. The summed E-state index contributed by atoms with van der Waals surface area (Å²) in [6.07, 6.45) is -30.0. The monoisotopic (exact) mass is 624 g/mol. The van der Waals surface area contributed by atoms with Gasteiger partial charge in [0.2, 0.25) is 0 Å². The summed E-state index contributed by atoms with van der Waals surface area (Å²) in [5.74, 6) is -6.90. The summed E-state index contributed by atoms with van der Waals surface area (Å²) < 4.78 is 232.